The summed E-state index contributed by atoms with van der Waals surface area (Å²) >= 11 is 1.33. The van der Waals surface area contributed by atoms with E-state index in [1.165, 1.54) is 25.6 Å². The quantitative estimate of drug-likeness (QED) is 0.803. The summed E-state index contributed by atoms with van der Waals surface area (Å²) in [6.45, 7) is 0. The van der Waals surface area contributed by atoms with Crippen molar-refractivity contribution < 1.29 is 14.3 Å². The van der Waals surface area contributed by atoms with Crippen molar-refractivity contribution in [3.63, 3.8) is 0 Å². The molecule has 96 valence electrons. The van der Waals surface area contributed by atoms with E-state index in [1.807, 2.05) is 6.07 Å². The number of aldehydes is 1. The van der Waals surface area contributed by atoms with E-state index in [-0.39, 0.29) is 0 Å². The van der Waals surface area contributed by atoms with Gasteiger partial charge in [-0.3, -0.25) is 4.79 Å². The topological polar surface area (TPSA) is 59.3 Å². The second-order valence-corrected chi connectivity index (χ2v) is 4.77. The molecule has 0 saturated heterocycles. The minimum absolute atomic E-state index is 0.504. The van der Waals surface area contributed by atoms with Gasteiger partial charge < -0.3 is 9.47 Å². The lowest BCUT2D eigenvalue weighted by molar-refractivity contribution is 0.112. The summed E-state index contributed by atoms with van der Waals surface area (Å²) in [6.07, 6.45) is 0.767. The Morgan fingerprint density at radius 1 is 1.21 bits per heavy atom. The number of nitrogens with zero attached hydrogens (tertiary/aromatic N) is 1. The van der Waals surface area contributed by atoms with E-state index in [2.05, 4.69) is 6.07 Å². The third kappa shape index (κ3) is 2.44. The van der Waals surface area contributed by atoms with E-state index >= 15 is 0 Å². The van der Waals surface area contributed by atoms with Crippen molar-refractivity contribution in [1.29, 1.82) is 5.26 Å². The molecule has 1 aromatic carbocycles. The van der Waals surface area contributed by atoms with Gasteiger partial charge in [0.15, 0.2) is 17.8 Å². The van der Waals surface area contributed by atoms with Crippen molar-refractivity contribution in [2.24, 2.45) is 0 Å². The Bertz CT molecular complexity index is 655. The highest BCUT2D eigenvalue weighted by Crippen LogP contribution is 2.37. The lowest BCUT2D eigenvalue weighted by atomic mass is 10.1. The second kappa shape index (κ2) is 5.55. The molecule has 0 saturated carbocycles. The lowest BCUT2D eigenvalue weighted by Gasteiger charge is -2.11. The Labute approximate surface area is 114 Å². The van der Waals surface area contributed by atoms with Crippen LogP contribution in [0.4, 0.5) is 0 Å². The van der Waals surface area contributed by atoms with Crippen LogP contribution in [0.15, 0.2) is 24.3 Å². The molecule has 0 aliphatic carbocycles. The van der Waals surface area contributed by atoms with Crippen LogP contribution in [-0.2, 0) is 0 Å². The third-order valence-corrected chi connectivity index (χ3v) is 3.69. The second-order valence-electron chi connectivity index (χ2n) is 3.69. The molecule has 0 spiro atoms. The van der Waals surface area contributed by atoms with Gasteiger partial charge in [0.2, 0.25) is 0 Å². The van der Waals surface area contributed by atoms with Crippen LogP contribution >= 0.6 is 11.3 Å². The first-order chi connectivity index (χ1) is 9.23. The molecule has 0 radical (unpaired) electrons. The standard InChI is InChI=1S/C14H11NO3S/c1-17-12-5-9(8-16)11(6-13(12)18-2)14-4-3-10(7-15)19-14/h3-6,8H,1-2H3. The van der Waals surface area contributed by atoms with Crippen molar-refractivity contribution in [3.8, 4) is 28.0 Å². The zero-order valence-corrected chi connectivity index (χ0v) is 11.3. The number of carbonyl (C=O) groups excluding carboxylic acids is 1. The van der Waals surface area contributed by atoms with Crippen LogP contribution in [0.1, 0.15) is 15.2 Å². The van der Waals surface area contributed by atoms with Gasteiger partial charge in [0.1, 0.15) is 10.9 Å². The average Bonchev–Trinajstić information content (AvgIpc) is 2.94. The van der Waals surface area contributed by atoms with Crippen LogP contribution < -0.4 is 9.47 Å². The van der Waals surface area contributed by atoms with Crippen LogP contribution in [0.3, 0.4) is 0 Å². The fourth-order valence-corrected chi connectivity index (χ4v) is 2.59. The maximum absolute atomic E-state index is 11.2. The van der Waals surface area contributed by atoms with Crippen molar-refractivity contribution in [2.75, 3.05) is 14.2 Å². The van der Waals surface area contributed by atoms with Gasteiger partial charge in [0.25, 0.3) is 0 Å². The van der Waals surface area contributed by atoms with Gasteiger partial charge in [-0.25, -0.2) is 0 Å². The number of thiophene rings is 1. The van der Waals surface area contributed by atoms with E-state index in [0.29, 0.717) is 21.9 Å². The smallest absolute Gasteiger partial charge is 0.161 e. The van der Waals surface area contributed by atoms with Crippen molar-refractivity contribution in [2.45, 2.75) is 0 Å². The molecule has 0 amide bonds. The van der Waals surface area contributed by atoms with Crippen LogP contribution in [0.25, 0.3) is 10.4 Å². The highest BCUT2D eigenvalue weighted by molar-refractivity contribution is 7.16. The first-order valence-electron chi connectivity index (χ1n) is 5.45. The molecule has 4 nitrogen and oxygen atoms in total. The molecule has 0 bridgehead atoms. The Morgan fingerprint density at radius 3 is 2.42 bits per heavy atom. The van der Waals surface area contributed by atoms with Gasteiger partial charge in [0.05, 0.1) is 14.2 Å². The Morgan fingerprint density at radius 2 is 1.89 bits per heavy atom. The molecule has 0 fully saturated rings. The van der Waals surface area contributed by atoms with E-state index in [9.17, 15) is 4.79 Å². The van der Waals surface area contributed by atoms with Gasteiger partial charge in [-0.05, 0) is 24.3 Å². The normalized spacial score (nSPS) is 9.74. The zero-order valence-electron chi connectivity index (χ0n) is 10.5. The Kier molecular flexibility index (Phi) is 3.83. The largest absolute Gasteiger partial charge is 0.493 e. The maximum Gasteiger partial charge on any atom is 0.161 e. The molecule has 0 N–H and O–H groups in total. The number of rotatable bonds is 4. The van der Waals surface area contributed by atoms with E-state index < -0.39 is 0 Å². The highest BCUT2D eigenvalue weighted by atomic mass is 32.1. The number of hydrogen-bond acceptors (Lipinski definition) is 5. The minimum atomic E-state index is 0.504. The summed E-state index contributed by atoms with van der Waals surface area (Å²) in [6, 6.07) is 9.00. The van der Waals surface area contributed by atoms with E-state index in [4.69, 9.17) is 14.7 Å². The fourth-order valence-electron chi connectivity index (χ4n) is 1.75. The summed E-state index contributed by atoms with van der Waals surface area (Å²) in [5, 5.41) is 8.85. The molecule has 1 heterocycles. The van der Waals surface area contributed by atoms with Crippen LogP contribution in [0.5, 0.6) is 11.5 Å². The molecule has 0 aliphatic rings. The van der Waals surface area contributed by atoms with Crippen LogP contribution in [-0.4, -0.2) is 20.5 Å². The number of nitriles is 1. The number of carbonyl (C=O) groups is 1. The van der Waals surface area contributed by atoms with Gasteiger partial charge in [0, 0.05) is 16.0 Å². The predicted octanol–water partition coefficient (Wildman–Crippen LogP) is 3.12. The Balaban J connectivity index is 2.61. The molecule has 5 heteroatoms. The first kappa shape index (κ1) is 13.1. The van der Waals surface area contributed by atoms with Crippen molar-refractivity contribution in [3.05, 3.63) is 34.7 Å². The maximum atomic E-state index is 11.2. The Hall–Kier alpha value is -2.32. The van der Waals surface area contributed by atoms with Gasteiger partial charge >= 0.3 is 0 Å². The number of ether oxygens (including phenoxy) is 2. The molecule has 0 aliphatic heterocycles. The van der Waals surface area contributed by atoms with Gasteiger partial charge in [-0.2, -0.15) is 5.26 Å². The zero-order chi connectivity index (χ0) is 13.8. The van der Waals surface area contributed by atoms with E-state index in [1.54, 1.807) is 18.2 Å². The molecule has 2 rings (SSSR count). The molecule has 1 aromatic heterocycles. The van der Waals surface area contributed by atoms with E-state index in [0.717, 1.165) is 16.7 Å². The monoisotopic (exact) mass is 273 g/mol. The van der Waals surface area contributed by atoms with Crippen LogP contribution in [0, 0.1) is 11.3 Å². The molecule has 2 aromatic rings. The average molecular weight is 273 g/mol. The predicted molar refractivity (Wildman–Crippen MR) is 73.0 cm³/mol. The SMILES string of the molecule is COc1cc(C=O)c(-c2ccc(C#N)s2)cc1OC. The molecular weight excluding hydrogens is 262 g/mol. The molecule has 0 atom stereocenters. The summed E-state index contributed by atoms with van der Waals surface area (Å²) in [4.78, 5) is 12.6. The number of benzene rings is 1. The third-order valence-electron chi connectivity index (χ3n) is 2.66. The molecule has 19 heavy (non-hydrogen) atoms. The number of hydrogen-bond donors (Lipinski definition) is 0. The highest BCUT2D eigenvalue weighted by Gasteiger charge is 2.13. The minimum Gasteiger partial charge on any atom is -0.493 e. The molecular formula is C14H11NO3S. The van der Waals surface area contributed by atoms with Gasteiger partial charge in [-0.1, -0.05) is 0 Å². The lowest BCUT2D eigenvalue weighted by Crippen LogP contribution is -1.94. The van der Waals surface area contributed by atoms with Gasteiger partial charge in [-0.15, -0.1) is 11.3 Å². The number of methoxy groups -OCH3 is 2. The molecule has 0 unspecified atom stereocenters. The first-order valence-corrected chi connectivity index (χ1v) is 6.26. The summed E-state index contributed by atoms with van der Waals surface area (Å²) < 4.78 is 10.4. The summed E-state index contributed by atoms with van der Waals surface area (Å²) in [5.74, 6) is 1.06. The van der Waals surface area contributed by atoms with Crippen LogP contribution in [0.2, 0.25) is 0 Å². The fraction of sp³-hybridized carbons (Fsp3) is 0.143. The van der Waals surface area contributed by atoms with Crippen molar-refractivity contribution in [1.82, 2.24) is 0 Å². The summed E-state index contributed by atoms with van der Waals surface area (Å²) in [7, 11) is 3.06. The van der Waals surface area contributed by atoms with Crippen molar-refractivity contribution >= 4 is 17.6 Å². The summed E-state index contributed by atoms with van der Waals surface area (Å²) in [5.41, 5.74) is 1.24.